The molecule has 0 spiro atoms. The summed E-state index contributed by atoms with van der Waals surface area (Å²) in [5.41, 5.74) is 2.24. The van der Waals surface area contributed by atoms with E-state index in [0.717, 1.165) is 11.3 Å². The molecule has 5 heteroatoms. The highest BCUT2D eigenvalue weighted by Crippen LogP contribution is 2.09. The molecule has 0 fully saturated rings. The first-order valence-electron chi connectivity index (χ1n) is 8.05. The third kappa shape index (κ3) is 6.10. The highest BCUT2D eigenvalue weighted by molar-refractivity contribution is 6.11. The van der Waals surface area contributed by atoms with Crippen LogP contribution >= 0.6 is 0 Å². The zero-order valence-corrected chi connectivity index (χ0v) is 14.4. The topological polar surface area (TPSA) is 66.7 Å². The number of pyridine rings is 1. The second-order valence-corrected chi connectivity index (χ2v) is 6.60. The van der Waals surface area contributed by atoms with Gasteiger partial charge in [0.2, 0.25) is 0 Å². The van der Waals surface area contributed by atoms with Crippen LogP contribution in [0.4, 0.5) is 0 Å². The molecule has 0 radical (unpaired) electrons. The second kappa shape index (κ2) is 8.57. The molecule has 1 atom stereocenters. The minimum Gasteiger partial charge on any atom is -0.392 e. The zero-order chi connectivity index (χ0) is 17.4. The summed E-state index contributed by atoms with van der Waals surface area (Å²) in [6.45, 7) is 6.71. The number of rotatable bonds is 7. The number of hydrogen-bond acceptors (Lipinski definition) is 5. The van der Waals surface area contributed by atoms with Gasteiger partial charge in [-0.2, -0.15) is 0 Å². The Morgan fingerprint density at radius 2 is 1.88 bits per heavy atom. The van der Waals surface area contributed by atoms with Crippen LogP contribution < -0.4 is 5.32 Å². The summed E-state index contributed by atoms with van der Waals surface area (Å²) in [7, 11) is 0. The van der Waals surface area contributed by atoms with Gasteiger partial charge < -0.3 is 15.3 Å². The van der Waals surface area contributed by atoms with Gasteiger partial charge in [-0.25, -0.2) is 0 Å². The molecule has 2 aromatic rings. The van der Waals surface area contributed by atoms with Crippen molar-refractivity contribution >= 4 is 5.71 Å². The Labute approximate surface area is 143 Å². The van der Waals surface area contributed by atoms with Crippen LogP contribution in [0.15, 0.2) is 59.9 Å². The molecule has 0 aliphatic carbocycles. The average molecular weight is 327 g/mol. The largest absolute Gasteiger partial charge is 0.392 e. The molecular formula is C19H25N3O2. The van der Waals surface area contributed by atoms with E-state index in [1.807, 2.05) is 69.3 Å². The molecule has 0 amide bonds. The van der Waals surface area contributed by atoms with E-state index in [1.54, 1.807) is 6.20 Å². The lowest BCUT2D eigenvalue weighted by atomic mass is 10.1. The molecular weight excluding hydrogens is 302 g/mol. The summed E-state index contributed by atoms with van der Waals surface area (Å²) < 4.78 is 0. The molecule has 0 bridgehead atoms. The Balaban J connectivity index is 2.04. The van der Waals surface area contributed by atoms with Gasteiger partial charge in [0.05, 0.1) is 5.69 Å². The fraction of sp³-hybridized carbons (Fsp3) is 0.368. The van der Waals surface area contributed by atoms with Gasteiger partial charge in [-0.15, -0.1) is 0 Å². The van der Waals surface area contributed by atoms with Crippen LogP contribution in [0.5, 0.6) is 0 Å². The van der Waals surface area contributed by atoms with Gasteiger partial charge in [-0.1, -0.05) is 41.6 Å². The quantitative estimate of drug-likeness (QED) is 0.606. The predicted octanol–water partition coefficient (Wildman–Crippen LogP) is 2.60. The van der Waals surface area contributed by atoms with Crippen molar-refractivity contribution in [2.45, 2.75) is 32.4 Å². The van der Waals surface area contributed by atoms with E-state index in [9.17, 15) is 5.11 Å². The van der Waals surface area contributed by atoms with Crippen LogP contribution in [-0.4, -0.2) is 40.6 Å². The normalized spacial score (nSPS) is 13.6. The molecule has 128 valence electrons. The smallest absolute Gasteiger partial charge is 0.144 e. The molecule has 0 aliphatic rings. The number of benzene rings is 1. The van der Waals surface area contributed by atoms with Gasteiger partial charge >= 0.3 is 0 Å². The predicted molar refractivity (Wildman–Crippen MR) is 96.0 cm³/mol. The third-order valence-electron chi connectivity index (χ3n) is 3.25. The Bertz CT molecular complexity index is 595. The fourth-order valence-electron chi connectivity index (χ4n) is 2.02. The van der Waals surface area contributed by atoms with E-state index < -0.39 is 6.10 Å². The molecule has 5 nitrogen and oxygen atoms in total. The molecule has 2 N–H and O–H groups in total. The van der Waals surface area contributed by atoms with Gasteiger partial charge in [0, 0.05) is 23.8 Å². The first kappa shape index (κ1) is 18.1. The van der Waals surface area contributed by atoms with Crippen LogP contribution in [0.3, 0.4) is 0 Å². The summed E-state index contributed by atoms with van der Waals surface area (Å²) in [6, 6.07) is 15.4. The van der Waals surface area contributed by atoms with Crippen molar-refractivity contribution in [1.29, 1.82) is 0 Å². The molecule has 0 unspecified atom stereocenters. The van der Waals surface area contributed by atoms with E-state index in [-0.39, 0.29) is 12.1 Å². The number of aliphatic hydroxyl groups excluding tert-OH is 1. The number of nitrogens with one attached hydrogen (secondary N) is 1. The number of aliphatic hydroxyl groups is 1. The standard InChI is InChI=1S/C19H25N3O2/c1-19(2,3)21-13-16(23)14-24-22-18(15-9-5-4-6-10-15)17-11-7-8-12-20-17/h4-12,16,21,23H,13-14H2,1-3H3/b22-18+/t16-/m1/s1. The SMILES string of the molecule is CC(C)(C)NC[C@@H](O)CO/N=C(\c1ccccc1)c1ccccn1. The lowest BCUT2D eigenvalue weighted by Crippen LogP contribution is -2.42. The van der Waals surface area contributed by atoms with Crippen molar-refractivity contribution in [2.24, 2.45) is 5.16 Å². The van der Waals surface area contributed by atoms with Crippen LogP contribution in [0.25, 0.3) is 0 Å². The van der Waals surface area contributed by atoms with E-state index in [2.05, 4.69) is 15.5 Å². The van der Waals surface area contributed by atoms with Crippen LogP contribution in [0.2, 0.25) is 0 Å². The Morgan fingerprint density at radius 3 is 2.50 bits per heavy atom. The summed E-state index contributed by atoms with van der Waals surface area (Å²) >= 11 is 0. The monoisotopic (exact) mass is 327 g/mol. The van der Waals surface area contributed by atoms with Crippen molar-refractivity contribution in [2.75, 3.05) is 13.2 Å². The average Bonchev–Trinajstić information content (AvgIpc) is 2.58. The first-order valence-corrected chi connectivity index (χ1v) is 8.05. The fourth-order valence-corrected chi connectivity index (χ4v) is 2.02. The number of oxime groups is 1. The van der Waals surface area contributed by atoms with Crippen molar-refractivity contribution in [3.05, 3.63) is 66.0 Å². The van der Waals surface area contributed by atoms with Gasteiger partial charge in [0.1, 0.15) is 18.4 Å². The van der Waals surface area contributed by atoms with Gasteiger partial charge in [-0.05, 0) is 32.9 Å². The van der Waals surface area contributed by atoms with Crippen molar-refractivity contribution in [3.8, 4) is 0 Å². The maximum absolute atomic E-state index is 9.99. The maximum atomic E-state index is 9.99. The second-order valence-electron chi connectivity index (χ2n) is 6.60. The van der Waals surface area contributed by atoms with Crippen LogP contribution in [0, 0.1) is 0 Å². The molecule has 0 saturated carbocycles. The number of β-amino-alcohol motifs (C(OH)–C–C–N with tert-alkyl or cyclic N) is 1. The number of nitrogens with zero attached hydrogens (tertiary/aromatic N) is 2. The van der Waals surface area contributed by atoms with Gasteiger partial charge in [0.25, 0.3) is 0 Å². The van der Waals surface area contributed by atoms with E-state index in [4.69, 9.17) is 4.84 Å². The molecule has 1 aromatic heterocycles. The van der Waals surface area contributed by atoms with E-state index in [1.165, 1.54) is 0 Å². The van der Waals surface area contributed by atoms with Crippen LogP contribution in [-0.2, 0) is 4.84 Å². The van der Waals surface area contributed by atoms with Crippen molar-refractivity contribution in [1.82, 2.24) is 10.3 Å². The van der Waals surface area contributed by atoms with Crippen molar-refractivity contribution < 1.29 is 9.94 Å². The lowest BCUT2D eigenvalue weighted by molar-refractivity contribution is 0.0374. The summed E-state index contributed by atoms with van der Waals surface area (Å²) in [6.07, 6.45) is 1.09. The van der Waals surface area contributed by atoms with Gasteiger partial charge in [0.15, 0.2) is 0 Å². The summed E-state index contributed by atoms with van der Waals surface area (Å²) in [5.74, 6) is 0. The molecule has 0 saturated heterocycles. The summed E-state index contributed by atoms with van der Waals surface area (Å²) in [4.78, 5) is 9.73. The highest BCUT2D eigenvalue weighted by atomic mass is 16.6. The first-order chi connectivity index (χ1) is 11.5. The van der Waals surface area contributed by atoms with E-state index >= 15 is 0 Å². The molecule has 1 heterocycles. The summed E-state index contributed by atoms with van der Waals surface area (Å²) in [5, 5.41) is 17.4. The highest BCUT2D eigenvalue weighted by Gasteiger charge is 2.13. The number of aromatic nitrogens is 1. The number of hydrogen-bond donors (Lipinski definition) is 2. The minimum absolute atomic E-state index is 0.0482. The van der Waals surface area contributed by atoms with Gasteiger partial charge in [-0.3, -0.25) is 4.98 Å². The molecule has 0 aliphatic heterocycles. The Hall–Kier alpha value is -2.24. The van der Waals surface area contributed by atoms with Crippen LogP contribution in [0.1, 0.15) is 32.0 Å². The molecule has 2 rings (SSSR count). The van der Waals surface area contributed by atoms with E-state index in [0.29, 0.717) is 12.3 Å². The van der Waals surface area contributed by atoms with Crippen molar-refractivity contribution in [3.63, 3.8) is 0 Å². The molecule has 1 aromatic carbocycles. The molecule has 24 heavy (non-hydrogen) atoms. The maximum Gasteiger partial charge on any atom is 0.144 e. The lowest BCUT2D eigenvalue weighted by Gasteiger charge is -2.22. The minimum atomic E-state index is -0.631. The Morgan fingerprint density at radius 1 is 1.17 bits per heavy atom. The third-order valence-corrected chi connectivity index (χ3v) is 3.25. The zero-order valence-electron chi connectivity index (χ0n) is 14.4. The Kier molecular flexibility index (Phi) is 6.46.